The quantitative estimate of drug-likeness (QED) is 0.381. The van der Waals surface area contributed by atoms with Gasteiger partial charge in [-0.3, -0.25) is 0 Å². The van der Waals surface area contributed by atoms with Crippen molar-refractivity contribution in [1.29, 1.82) is 0 Å². The summed E-state index contributed by atoms with van der Waals surface area (Å²) in [5.41, 5.74) is -0.308. The van der Waals surface area contributed by atoms with Gasteiger partial charge in [0, 0.05) is 5.75 Å². The Hall–Kier alpha value is 0.790. The molecule has 0 saturated heterocycles. The first-order chi connectivity index (χ1) is 13.9. The Bertz CT molecular complexity index is 761. The zero-order chi connectivity index (χ0) is 22.1. The molecule has 0 heterocycles. The van der Waals surface area contributed by atoms with Gasteiger partial charge in [0.15, 0.2) is 0 Å². The van der Waals surface area contributed by atoms with Crippen molar-refractivity contribution >= 4 is 10.1 Å². The van der Waals surface area contributed by atoms with Crippen LogP contribution in [-0.2, 0) is 10.1 Å². The van der Waals surface area contributed by atoms with Crippen molar-refractivity contribution in [3.8, 4) is 0 Å². The van der Waals surface area contributed by atoms with E-state index in [1.807, 2.05) is 6.92 Å². The number of aliphatic hydroxyl groups excluding tert-OH is 3. The van der Waals surface area contributed by atoms with E-state index in [9.17, 15) is 28.3 Å². The van der Waals surface area contributed by atoms with E-state index in [1.54, 1.807) is 0 Å². The molecule has 0 spiro atoms. The van der Waals surface area contributed by atoms with Gasteiger partial charge in [0.05, 0.1) is 28.4 Å². The number of hydrogen-bond acceptors (Lipinski definition) is 6. The summed E-state index contributed by atoms with van der Waals surface area (Å²) in [5, 5.41) is 32.9. The molecule has 31 heavy (non-hydrogen) atoms. The SMILES string of the molecule is CC(CCS(=O)(=O)[O-])C1CCC2C3C(O)CC4CC(O)CCC4(C)C3CC(O)C12C.[Na+]. The van der Waals surface area contributed by atoms with Crippen molar-refractivity contribution < 1.29 is 57.8 Å². The fraction of sp³-hybridized carbons (Fsp3) is 1.00. The number of fused-ring (bicyclic) bond motifs is 5. The summed E-state index contributed by atoms with van der Waals surface area (Å²) in [6, 6.07) is 0. The maximum atomic E-state index is 11.5. The topological polar surface area (TPSA) is 118 Å². The third-order valence-electron chi connectivity index (χ3n) is 10.3. The first-order valence-electron chi connectivity index (χ1n) is 11.9. The molecule has 6 nitrogen and oxygen atoms in total. The van der Waals surface area contributed by atoms with Crippen LogP contribution in [-0.4, -0.2) is 52.4 Å². The summed E-state index contributed by atoms with van der Waals surface area (Å²) in [5.74, 6) is 0.765. The van der Waals surface area contributed by atoms with Crippen LogP contribution in [0.3, 0.4) is 0 Å². The second-order valence-electron chi connectivity index (χ2n) is 11.6. The molecule has 11 atom stereocenters. The minimum atomic E-state index is -4.24. The van der Waals surface area contributed by atoms with E-state index in [0.717, 1.165) is 38.5 Å². The van der Waals surface area contributed by atoms with Crippen LogP contribution in [0.5, 0.6) is 0 Å². The average molecular weight is 467 g/mol. The Labute approximate surface area is 209 Å². The van der Waals surface area contributed by atoms with E-state index in [-0.39, 0.29) is 81.8 Å². The molecule has 0 amide bonds. The molecule has 4 fully saturated rings. The summed E-state index contributed by atoms with van der Waals surface area (Å²) < 4.78 is 33.4. The minimum absolute atomic E-state index is 0. The summed E-state index contributed by atoms with van der Waals surface area (Å²) in [7, 11) is -4.24. The van der Waals surface area contributed by atoms with Crippen LogP contribution in [0.4, 0.5) is 0 Å². The second kappa shape index (κ2) is 9.10. The van der Waals surface area contributed by atoms with Crippen LogP contribution in [0.15, 0.2) is 0 Å². The zero-order valence-corrected chi connectivity index (χ0v) is 22.4. The van der Waals surface area contributed by atoms with E-state index in [4.69, 9.17) is 0 Å². The molecule has 11 unspecified atom stereocenters. The Kier molecular flexibility index (Phi) is 7.75. The fourth-order valence-corrected chi connectivity index (χ4v) is 9.32. The molecule has 4 rings (SSSR count). The molecule has 0 aromatic carbocycles. The molecule has 0 radical (unpaired) electrons. The Morgan fingerprint density at radius 3 is 2.35 bits per heavy atom. The van der Waals surface area contributed by atoms with E-state index in [1.165, 1.54) is 0 Å². The molecule has 4 aliphatic rings. The summed E-state index contributed by atoms with van der Waals surface area (Å²) in [6.45, 7) is 6.47. The Morgan fingerprint density at radius 2 is 1.71 bits per heavy atom. The van der Waals surface area contributed by atoms with Crippen molar-refractivity contribution in [2.75, 3.05) is 5.75 Å². The van der Waals surface area contributed by atoms with E-state index in [2.05, 4.69) is 13.8 Å². The van der Waals surface area contributed by atoms with Crippen molar-refractivity contribution in [2.45, 2.75) is 90.4 Å². The van der Waals surface area contributed by atoms with Gasteiger partial charge in [-0.15, -0.1) is 0 Å². The molecule has 174 valence electrons. The van der Waals surface area contributed by atoms with Crippen LogP contribution in [0.1, 0.15) is 72.1 Å². The van der Waals surface area contributed by atoms with Gasteiger partial charge in [0.25, 0.3) is 0 Å². The maximum Gasteiger partial charge on any atom is 1.00 e. The monoisotopic (exact) mass is 466 g/mol. The Balaban J connectivity index is 0.00000272. The molecule has 8 heteroatoms. The predicted octanol–water partition coefficient (Wildman–Crippen LogP) is -0.477. The smallest absolute Gasteiger partial charge is 0.748 e. The molecule has 0 aromatic rings. The van der Waals surface area contributed by atoms with Crippen LogP contribution < -0.4 is 29.6 Å². The molecular formula is C23H39NaO6S. The molecular weight excluding hydrogens is 427 g/mol. The summed E-state index contributed by atoms with van der Waals surface area (Å²) in [6.07, 6.45) is 4.90. The average Bonchev–Trinajstić information content (AvgIpc) is 3.00. The maximum absolute atomic E-state index is 11.5. The number of rotatable bonds is 4. The third kappa shape index (κ3) is 4.44. The van der Waals surface area contributed by atoms with Gasteiger partial charge >= 0.3 is 29.6 Å². The van der Waals surface area contributed by atoms with Crippen LogP contribution in [0, 0.1) is 46.3 Å². The predicted molar refractivity (Wildman–Crippen MR) is 112 cm³/mol. The van der Waals surface area contributed by atoms with Gasteiger partial charge in [-0.2, -0.15) is 0 Å². The molecule has 0 bridgehead atoms. The van der Waals surface area contributed by atoms with E-state index in [0.29, 0.717) is 18.8 Å². The first-order valence-corrected chi connectivity index (χ1v) is 13.4. The third-order valence-corrected chi connectivity index (χ3v) is 11.1. The second-order valence-corrected chi connectivity index (χ2v) is 13.1. The van der Waals surface area contributed by atoms with Gasteiger partial charge in [-0.05, 0) is 97.7 Å². The van der Waals surface area contributed by atoms with Crippen LogP contribution in [0.25, 0.3) is 0 Å². The minimum Gasteiger partial charge on any atom is -0.748 e. The molecule has 4 aliphatic carbocycles. The summed E-state index contributed by atoms with van der Waals surface area (Å²) >= 11 is 0. The van der Waals surface area contributed by atoms with Crippen molar-refractivity contribution in [3.63, 3.8) is 0 Å². The largest absolute Gasteiger partial charge is 1.00 e. The van der Waals surface area contributed by atoms with Gasteiger partial charge in [-0.25, -0.2) is 8.42 Å². The van der Waals surface area contributed by atoms with Crippen molar-refractivity contribution in [1.82, 2.24) is 0 Å². The normalized spacial score (nSPS) is 50.5. The molecule has 0 aromatic heterocycles. The fourth-order valence-electron chi connectivity index (χ4n) is 8.66. The molecule has 0 aliphatic heterocycles. The molecule has 3 N–H and O–H groups in total. The van der Waals surface area contributed by atoms with E-state index >= 15 is 0 Å². The van der Waals surface area contributed by atoms with Gasteiger partial charge in [-0.1, -0.05) is 20.8 Å². The standard InChI is InChI=1S/C23H40O6S.Na/c1-13(7-9-30(27,28)29)16-4-5-17-21-18(12-20(26)23(16,17)3)22(2)8-6-15(24)10-14(22)11-19(21)25;/h13-21,24-26H,4-12H2,1-3H3,(H,27,28,29);/q;+1/p-1. The van der Waals surface area contributed by atoms with Gasteiger partial charge in [0.2, 0.25) is 0 Å². The first kappa shape index (κ1) is 26.4. The van der Waals surface area contributed by atoms with Gasteiger partial charge in [0.1, 0.15) is 0 Å². The number of aliphatic hydroxyl groups is 3. The van der Waals surface area contributed by atoms with Crippen molar-refractivity contribution in [3.05, 3.63) is 0 Å². The van der Waals surface area contributed by atoms with Crippen LogP contribution >= 0.6 is 0 Å². The van der Waals surface area contributed by atoms with Crippen LogP contribution in [0.2, 0.25) is 0 Å². The van der Waals surface area contributed by atoms with E-state index < -0.39 is 22.3 Å². The summed E-state index contributed by atoms with van der Waals surface area (Å²) in [4.78, 5) is 0. The number of hydrogen-bond donors (Lipinski definition) is 3. The molecule has 4 saturated carbocycles. The Morgan fingerprint density at radius 1 is 1.03 bits per heavy atom. The van der Waals surface area contributed by atoms with Gasteiger partial charge < -0.3 is 19.9 Å². The van der Waals surface area contributed by atoms with Crippen molar-refractivity contribution in [2.24, 2.45) is 46.3 Å². The zero-order valence-electron chi connectivity index (χ0n) is 19.5.